The lowest BCUT2D eigenvalue weighted by Crippen LogP contribution is -2.48. The van der Waals surface area contributed by atoms with Gasteiger partial charge < -0.3 is 10.4 Å². The monoisotopic (exact) mass is 331 g/mol. The summed E-state index contributed by atoms with van der Waals surface area (Å²) in [5.74, 6) is -1.19. The zero-order valence-electron chi connectivity index (χ0n) is 12.7. The third-order valence-electron chi connectivity index (χ3n) is 5.77. The Morgan fingerprint density at radius 2 is 1.83 bits per heavy atom. The first-order chi connectivity index (χ1) is 11.0. The van der Waals surface area contributed by atoms with E-state index in [-0.39, 0.29) is 17.7 Å². The molecule has 2 fully saturated rings. The summed E-state index contributed by atoms with van der Waals surface area (Å²) in [6.07, 6.45) is 5.13. The summed E-state index contributed by atoms with van der Waals surface area (Å²) in [5, 5.41) is 13.1. The lowest BCUT2D eigenvalue weighted by atomic mass is 9.62. The van der Waals surface area contributed by atoms with E-state index in [2.05, 4.69) is 11.4 Å². The van der Waals surface area contributed by atoms with Crippen LogP contribution >= 0.6 is 11.6 Å². The fraction of sp³-hybridized carbons (Fsp3) is 0.444. The van der Waals surface area contributed by atoms with Crippen LogP contribution in [-0.2, 0) is 9.59 Å². The molecule has 0 unspecified atom stereocenters. The molecule has 2 saturated carbocycles. The molecule has 0 radical (unpaired) electrons. The molecule has 5 heteroatoms. The van der Waals surface area contributed by atoms with Crippen LogP contribution in [0.15, 0.2) is 30.4 Å². The maximum atomic E-state index is 12.8. The highest BCUT2D eigenvalue weighted by atomic mass is 35.5. The van der Waals surface area contributed by atoms with E-state index >= 15 is 0 Å². The number of allylic oxidation sites excluding steroid dienone is 2. The Morgan fingerprint density at radius 1 is 1.17 bits per heavy atom. The zero-order chi connectivity index (χ0) is 16.3. The molecule has 1 aromatic rings. The van der Waals surface area contributed by atoms with Gasteiger partial charge in [-0.3, -0.25) is 9.59 Å². The Hall–Kier alpha value is -1.81. The van der Waals surface area contributed by atoms with Gasteiger partial charge in [0.05, 0.1) is 11.8 Å². The normalized spacial score (nSPS) is 36.4. The molecule has 4 aliphatic rings. The van der Waals surface area contributed by atoms with E-state index < -0.39 is 17.8 Å². The molecule has 4 aliphatic carbocycles. The van der Waals surface area contributed by atoms with Crippen LogP contribution in [0.1, 0.15) is 12.0 Å². The summed E-state index contributed by atoms with van der Waals surface area (Å²) in [5.41, 5.74) is 1.46. The molecule has 2 N–H and O–H groups in total. The van der Waals surface area contributed by atoms with Crippen LogP contribution in [-0.4, -0.2) is 17.0 Å². The van der Waals surface area contributed by atoms with Crippen molar-refractivity contribution in [2.75, 3.05) is 5.32 Å². The van der Waals surface area contributed by atoms with Crippen molar-refractivity contribution in [3.05, 3.63) is 40.9 Å². The number of carbonyl (C=O) groups is 2. The Kier molecular flexibility index (Phi) is 3.27. The minimum Gasteiger partial charge on any atom is -0.481 e. The van der Waals surface area contributed by atoms with Crippen molar-refractivity contribution < 1.29 is 14.7 Å². The Bertz CT molecular complexity index is 729. The smallest absolute Gasteiger partial charge is 0.307 e. The second-order valence-corrected chi connectivity index (χ2v) is 7.30. The van der Waals surface area contributed by atoms with Gasteiger partial charge in [-0.05, 0) is 54.7 Å². The van der Waals surface area contributed by atoms with E-state index in [1.807, 2.05) is 13.0 Å². The largest absolute Gasteiger partial charge is 0.481 e. The minimum atomic E-state index is -0.863. The number of halogens is 1. The van der Waals surface area contributed by atoms with Gasteiger partial charge in [0.1, 0.15) is 0 Å². The second kappa shape index (κ2) is 5.10. The van der Waals surface area contributed by atoms with E-state index in [0.29, 0.717) is 22.5 Å². The van der Waals surface area contributed by atoms with Crippen molar-refractivity contribution in [3.8, 4) is 0 Å². The van der Waals surface area contributed by atoms with Gasteiger partial charge in [0.2, 0.25) is 5.91 Å². The maximum absolute atomic E-state index is 12.8. The molecule has 1 aromatic carbocycles. The fourth-order valence-electron chi connectivity index (χ4n) is 4.53. The summed E-state index contributed by atoms with van der Waals surface area (Å²) in [6, 6.07) is 5.35. The van der Waals surface area contributed by atoms with Gasteiger partial charge in [0.15, 0.2) is 0 Å². The van der Waals surface area contributed by atoms with Crippen LogP contribution in [0.2, 0.25) is 5.02 Å². The van der Waals surface area contributed by atoms with E-state index in [9.17, 15) is 14.7 Å². The van der Waals surface area contributed by atoms with E-state index in [0.717, 1.165) is 12.0 Å². The summed E-state index contributed by atoms with van der Waals surface area (Å²) in [6.45, 7) is 1.84. The van der Waals surface area contributed by atoms with Gasteiger partial charge in [0.25, 0.3) is 0 Å². The molecule has 0 heterocycles. The number of fused-ring (bicyclic) bond motifs is 1. The first-order valence-corrected chi connectivity index (χ1v) is 8.34. The molecular weight excluding hydrogens is 314 g/mol. The first kappa shape index (κ1) is 14.8. The van der Waals surface area contributed by atoms with Crippen molar-refractivity contribution in [2.45, 2.75) is 13.3 Å². The summed E-state index contributed by atoms with van der Waals surface area (Å²) in [4.78, 5) is 24.6. The Morgan fingerprint density at radius 3 is 2.48 bits per heavy atom. The highest BCUT2D eigenvalue weighted by Gasteiger charge is 2.62. The van der Waals surface area contributed by atoms with Gasteiger partial charge in [0, 0.05) is 10.7 Å². The number of amides is 1. The lowest BCUT2D eigenvalue weighted by molar-refractivity contribution is -0.152. The van der Waals surface area contributed by atoms with Gasteiger partial charge >= 0.3 is 5.97 Å². The third kappa shape index (κ3) is 2.19. The molecule has 4 nitrogen and oxygen atoms in total. The number of hydrogen-bond donors (Lipinski definition) is 2. The van der Waals surface area contributed by atoms with E-state index in [1.54, 1.807) is 18.2 Å². The van der Waals surface area contributed by atoms with Crippen molar-refractivity contribution in [3.63, 3.8) is 0 Å². The number of rotatable bonds is 3. The molecule has 5 rings (SSSR count). The average molecular weight is 332 g/mol. The molecule has 6 atom stereocenters. The molecule has 2 bridgehead atoms. The topological polar surface area (TPSA) is 66.4 Å². The highest BCUT2D eigenvalue weighted by Crippen LogP contribution is 2.63. The summed E-state index contributed by atoms with van der Waals surface area (Å²) in [7, 11) is 0. The maximum Gasteiger partial charge on any atom is 0.307 e. The number of hydrogen-bond acceptors (Lipinski definition) is 2. The average Bonchev–Trinajstić information content (AvgIpc) is 3.33. The molecule has 1 amide bonds. The predicted molar refractivity (Wildman–Crippen MR) is 87.2 cm³/mol. The number of carboxylic acids is 1. The van der Waals surface area contributed by atoms with Gasteiger partial charge in [-0.15, -0.1) is 0 Å². The number of carbonyl (C=O) groups excluding carboxylic acids is 1. The van der Waals surface area contributed by atoms with Gasteiger partial charge in [-0.1, -0.05) is 29.8 Å². The van der Waals surface area contributed by atoms with Crippen molar-refractivity contribution in [1.29, 1.82) is 0 Å². The van der Waals surface area contributed by atoms with Crippen LogP contribution in [0.25, 0.3) is 0 Å². The molecule has 120 valence electrons. The predicted octanol–water partition coefficient (Wildman–Crippen LogP) is 3.36. The molecular formula is C18H18ClNO3. The molecule has 0 aromatic heterocycles. The number of anilines is 1. The first-order valence-electron chi connectivity index (χ1n) is 7.96. The Labute approximate surface area is 139 Å². The number of aliphatic carboxylic acids is 1. The summed E-state index contributed by atoms with van der Waals surface area (Å²) >= 11 is 6.10. The van der Waals surface area contributed by atoms with Gasteiger partial charge in [-0.2, -0.15) is 0 Å². The van der Waals surface area contributed by atoms with E-state index in [4.69, 9.17) is 11.6 Å². The number of nitrogens with one attached hydrogen (secondary N) is 1. The molecule has 0 spiro atoms. The lowest BCUT2D eigenvalue weighted by Gasteiger charge is -2.41. The number of benzene rings is 1. The highest BCUT2D eigenvalue weighted by molar-refractivity contribution is 6.31. The van der Waals surface area contributed by atoms with E-state index in [1.165, 1.54) is 0 Å². The minimum absolute atomic E-state index is 0.00120. The fourth-order valence-corrected chi connectivity index (χ4v) is 4.70. The standard InChI is InChI=1S/C18H18ClNO3/c1-8-13(19)3-2-4-14(8)20-17(21)15-9-5-6-10(12-7-11(9)12)16(15)18(22)23/h2-6,9-12,15-16H,7H2,1H3,(H,20,21)(H,22,23)/t9-,10+,11+,12+,15+,16-/m0/s1. The van der Waals surface area contributed by atoms with Crippen LogP contribution in [0.5, 0.6) is 0 Å². The second-order valence-electron chi connectivity index (χ2n) is 6.89. The van der Waals surface area contributed by atoms with Crippen molar-refractivity contribution in [1.82, 2.24) is 0 Å². The van der Waals surface area contributed by atoms with Crippen LogP contribution in [0.4, 0.5) is 5.69 Å². The SMILES string of the molecule is Cc1c(Cl)cccc1NC(=O)[C@@H]1[C@H]2C=C[C@H]([C@H]3C[C@H]23)[C@@H]1C(=O)O. The molecule has 0 aliphatic heterocycles. The Balaban J connectivity index is 1.63. The summed E-state index contributed by atoms with van der Waals surface area (Å²) < 4.78 is 0. The molecule has 23 heavy (non-hydrogen) atoms. The van der Waals surface area contributed by atoms with Crippen molar-refractivity contribution in [2.24, 2.45) is 35.5 Å². The van der Waals surface area contributed by atoms with Gasteiger partial charge in [-0.25, -0.2) is 0 Å². The van der Waals surface area contributed by atoms with Crippen LogP contribution in [0, 0.1) is 42.4 Å². The van der Waals surface area contributed by atoms with Crippen LogP contribution in [0.3, 0.4) is 0 Å². The molecule has 0 saturated heterocycles. The zero-order valence-corrected chi connectivity index (χ0v) is 13.5. The van der Waals surface area contributed by atoms with Crippen molar-refractivity contribution >= 4 is 29.2 Å². The number of carboxylic acid groups (broad SMARTS) is 1. The van der Waals surface area contributed by atoms with Crippen LogP contribution < -0.4 is 5.32 Å². The quantitative estimate of drug-likeness (QED) is 0.835. The third-order valence-corrected chi connectivity index (χ3v) is 6.17.